The van der Waals surface area contributed by atoms with E-state index in [4.69, 9.17) is 0 Å². The Hall–Kier alpha value is -0.0800. The topological polar surface area (TPSA) is 6.48 Å². The van der Waals surface area contributed by atoms with Crippen molar-refractivity contribution in [2.45, 2.75) is 79.3 Å². The highest BCUT2D eigenvalue weighted by molar-refractivity contribution is 5.03. The van der Waals surface area contributed by atoms with Crippen molar-refractivity contribution in [1.29, 1.82) is 0 Å². The maximum Gasteiger partial charge on any atom is 0.0511 e. The van der Waals surface area contributed by atoms with E-state index in [1.165, 1.54) is 45.4 Å². The molecule has 0 N–H and O–H groups in total. The Morgan fingerprint density at radius 3 is 1.43 bits per heavy atom. The van der Waals surface area contributed by atoms with Gasteiger partial charge in [-0.15, -0.1) is 0 Å². The fourth-order valence-corrected chi connectivity index (χ4v) is 7.11. The standard InChI is InChI=1S/C21H38N2/c1-14-18-9-20(3,4)7-16(18)11-22(14)13-23-12-17-8-21(5,6)10-19(17)15(23)2/h14-19H,7-13H2,1-6H3. The van der Waals surface area contributed by atoms with Crippen LogP contribution in [0.2, 0.25) is 0 Å². The largest absolute Gasteiger partial charge is 0.287 e. The van der Waals surface area contributed by atoms with Gasteiger partial charge in [0.05, 0.1) is 6.67 Å². The van der Waals surface area contributed by atoms with Crippen molar-refractivity contribution in [3.05, 3.63) is 0 Å². The van der Waals surface area contributed by atoms with E-state index in [0.717, 1.165) is 35.8 Å². The molecule has 2 aliphatic carbocycles. The van der Waals surface area contributed by atoms with Crippen molar-refractivity contribution < 1.29 is 0 Å². The Labute approximate surface area is 144 Å². The van der Waals surface area contributed by atoms with Crippen LogP contribution < -0.4 is 0 Å². The first kappa shape index (κ1) is 16.4. The molecule has 0 bridgehead atoms. The molecule has 0 radical (unpaired) electrons. The van der Waals surface area contributed by atoms with Crippen molar-refractivity contribution in [1.82, 2.24) is 9.80 Å². The van der Waals surface area contributed by atoms with Crippen LogP contribution in [0.3, 0.4) is 0 Å². The summed E-state index contributed by atoms with van der Waals surface area (Å²) < 4.78 is 0. The van der Waals surface area contributed by atoms with E-state index in [9.17, 15) is 0 Å². The smallest absolute Gasteiger partial charge is 0.0511 e. The van der Waals surface area contributed by atoms with Gasteiger partial charge in [0.25, 0.3) is 0 Å². The van der Waals surface area contributed by atoms with Crippen LogP contribution in [0.5, 0.6) is 0 Å². The van der Waals surface area contributed by atoms with E-state index in [2.05, 4.69) is 51.3 Å². The van der Waals surface area contributed by atoms with Gasteiger partial charge in [-0.3, -0.25) is 9.80 Å². The Bertz CT molecular complexity index is 426. The molecule has 6 unspecified atom stereocenters. The summed E-state index contributed by atoms with van der Waals surface area (Å²) in [4.78, 5) is 5.65. The Morgan fingerprint density at radius 1 is 0.696 bits per heavy atom. The molecule has 0 aromatic heterocycles. The maximum atomic E-state index is 2.83. The van der Waals surface area contributed by atoms with Gasteiger partial charge >= 0.3 is 0 Å². The number of hydrogen-bond donors (Lipinski definition) is 0. The molecule has 4 aliphatic rings. The zero-order valence-electron chi connectivity index (χ0n) is 16.3. The van der Waals surface area contributed by atoms with Gasteiger partial charge in [-0.25, -0.2) is 0 Å². The highest BCUT2D eigenvalue weighted by Crippen LogP contribution is 2.53. The summed E-state index contributed by atoms with van der Waals surface area (Å²) in [5, 5.41) is 0. The Balaban J connectivity index is 1.38. The minimum absolute atomic E-state index is 0.596. The van der Waals surface area contributed by atoms with Crippen molar-refractivity contribution in [3.8, 4) is 0 Å². The van der Waals surface area contributed by atoms with Crippen LogP contribution in [-0.4, -0.2) is 41.6 Å². The second-order valence-corrected chi connectivity index (χ2v) is 11.2. The average molecular weight is 319 g/mol. The molecule has 0 amide bonds. The van der Waals surface area contributed by atoms with Gasteiger partial charge in [-0.2, -0.15) is 0 Å². The summed E-state index contributed by atoms with van der Waals surface area (Å²) in [6, 6.07) is 1.59. The number of likely N-dealkylation sites (tertiary alicyclic amines) is 2. The summed E-state index contributed by atoms with van der Waals surface area (Å²) in [5.41, 5.74) is 1.19. The molecule has 4 rings (SSSR count). The van der Waals surface area contributed by atoms with Crippen LogP contribution in [-0.2, 0) is 0 Å². The van der Waals surface area contributed by atoms with Crippen molar-refractivity contribution in [2.75, 3.05) is 19.8 Å². The van der Waals surface area contributed by atoms with Gasteiger partial charge < -0.3 is 0 Å². The molecule has 4 fully saturated rings. The molecule has 6 atom stereocenters. The summed E-state index contributed by atoms with van der Waals surface area (Å²) in [6.07, 6.45) is 5.80. The number of rotatable bonds is 2. The first-order valence-corrected chi connectivity index (χ1v) is 10.1. The Morgan fingerprint density at radius 2 is 1.09 bits per heavy atom. The average Bonchev–Trinajstić information content (AvgIpc) is 3.05. The highest BCUT2D eigenvalue weighted by Gasteiger charge is 2.51. The zero-order chi connectivity index (χ0) is 16.6. The summed E-state index contributed by atoms with van der Waals surface area (Å²) >= 11 is 0. The fourth-order valence-electron chi connectivity index (χ4n) is 7.11. The van der Waals surface area contributed by atoms with E-state index in [1.54, 1.807) is 0 Å². The molecular weight excluding hydrogens is 280 g/mol. The van der Waals surface area contributed by atoms with Crippen LogP contribution in [0.4, 0.5) is 0 Å². The van der Waals surface area contributed by atoms with Crippen LogP contribution in [0.25, 0.3) is 0 Å². The molecule has 2 saturated heterocycles. The molecule has 0 aromatic carbocycles. The van der Waals surface area contributed by atoms with E-state index in [-0.39, 0.29) is 0 Å². The third-order valence-electron chi connectivity index (χ3n) is 8.11. The predicted octanol–water partition coefficient (Wildman–Crippen LogP) is 4.46. The molecule has 23 heavy (non-hydrogen) atoms. The third-order valence-corrected chi connectivity index (χ3v) is 8.11. The lowest BCUT2D eigenvalue weighted by Crippen LogP contribution is -2.44. The second-order valence-electron chi connectivity index (χ2n) is 11.2. The van der Waals surface area contributed by atoms with E-state index in [1.807, 2.05) is 0 Å². The number of nitrogens with zero attached hydrogens (tertiary/aromatic N) is 2. The van der Waals surface area contributed by atoms with Gasteiger partial charge in [0.2, 0.25) is 0 Å². The lowest BCUT2D eigenvalue weighted by molar-refractivity contribution is 0.0898. The van der Waals surface area contributed by atoms with Gasteiger partial charge in [0, 0.05) is 25.2 Å². The SMILES string of the molecule is CC1C2CC(C)(C)CC2CN1CN1CC2CC(C)(C)CC2C1C. The third kappa shape index (κ3) is 2.78. The highest BCUT2D eigenvalue weighted by atomic mass is 15.4. The quantitative estimate of drug-likeness (QED) is 0.742. The predicted molar refractivity (Wildman–Crippen MR) is 97.2 cm³/mol. The van der Waals surface area contributed by atoms with Gasteiger partial charge in [-0.05, 0) is 74.0 Å². The number of fused-ring (bicyclic) bond motifs is 2. The van der Waals surface area contributed by atoms with Crippen LogP contribution in [0.15, 0.2) is 0 Å². The van der Waals surface area contributed by atoms with Crippen LogP contribution in [0, 0.1) is 34.5 Å². The van der Waals surface area contributed by atoms with E-state index < -0.39 is 0 Å². The zero-order valence-corrected chi connectivity index (χ0v) is 16.3. The molecule has 0 aromatic rings. The second kappa shape index (κ2) is 5.21. The van der Waals surface area contributed by atoms with Gasteiger partial charge in [-0.1, -0.05) is 27.7 Å². The van der Waals surface area contributed by atoms with Crippen molar-refractivity contribution >= 4 is 0 Å². The molecule has 0 spiro atoms. The summed E-state index contributed by atoms with van der Waals surface area (Å²) in [6.45, 7) is 18.9. The molecule has 2 aliphatic heterocycles. The molecule has 2 nitrogen and oxygen atoms in total. The van der Waals surface area contributed by atoms with E-state index >= 15 is 0 Å². The maximum absolute atomic E-state index is 2.83. The van der Waals surface area contributed by atoms with Crippen molar-refractivity contribution in [2.24, 2.45) is 34.5 Å². The lowest BCUT2D eigenvalue weighted by Gasteiger charge is -2.34. The summed E-state index contributed by atoms with van der Waals surface area (Å²) in [5.74, 6) is 3.86. The molecule has 132 valence electrons. The van der Waals surface area contributed by atoms with Crippen molar-refractivity contribution in [3.63, 3.8) is 0 Å². The minimum atomic E-state index is 0.596. The molecule has 2 saturated carbocycles. The molecule has 2 heteroatoms. The molecule has 2 heterocycles. The van der Waals surface area contributed by atoms with Crippen LogP contribution in [0.1, 0.15) is 67.2 Å². The van der Waals surface area contributed by atoms with Gasteiger partial charge in [0.1, 0.15) is 0 Å². The minimum Gasteiger partial charge on any atom is -0.287 e. The first-order valence-electron chi connectivity index (χ1n) is 10.1. The summed E-state index contributed by atoms with van der Waals surface area (Å²) in [7, 11) is 0. The normalized spacial score (nSPS) is 48.8. The van der Waals surface area contributed by atoms with E-state index in [0.29, 0.717) is 10.8 Å². The fraction of sp³-hybridized carbons (Fsp3) is 1.00. The lowest BCUT2D eigenvalue weighted by atomic mass is 9.88. The first-order chi connectivity index (χ1) is 10.7. The molecular formula is C21H38N2. The van der Waals surface area contributed by atoms with Crippen LogP contribution >= 0.6 is 0 Å². The monoisotopic (exact) mass is 318 g/mol. The Kier molecular flexibility index (Phi) is 3.71. The number of hydrogen-bond acceptors (Lipinski definition) is 2. The van der Waals surface area contributed by atoms with Gasteiger partial charge in [0.15, 0.2) is 0 Å².